The van der Waals surface area contributed by atoms with Crippen LogP contribution in [0.1, 0.15) is 22.4 Å². The first-order chi connectivity index (χ1) is 15.2. The van der Waals surface area contributed by atoms with Crippen molar-refractivity contribution in [1.29, 1.82) is 5.26 Å². The molecule has 10 nitrogen and oxygen atoms in total. The Morgan fingerprint density at radius 1 is 1.28 bits per heavy atom. The summed E-state index contributed by atoms with van der Waals surface area (Å²) in [5.41, 5.74) is 4.73. The summed E-state index contributed by atoms with van der Waals surface area (Å²) in [5, 5.41) is 13.3. The largest absolute Gasteiger partial charge is 0.380 e. The number of methoxy groups -OCH3 is 1. The number of benzene rings is 1. The van der Waals surface area contributed by atoms with Crippen LogP contribution in [0.5, 0.6) is 0 Å². The zero-order valence-electron chi connectivity index (χ0n) is 18.0. The number of carbonyl (C=O) groups excluding carboxylic acids is 1. The number of carbonyl (C=O) groups is 1. The molecule has 3 rings (SSSR count). The SMILES string of the molecule is COCc1c(Br)c(C)n(CC(=O)N/N=C/c2ccc3c(c2)n(C)c(=O)n3C)c(=O)c1C#N. The average molecular weight is 501 g/mol. The van der Waals surface area contributed by atoms with Crippen molar-refractivity contribution in [3.05, 3.63) is 65.9 Å². The molecule has 1 N–H and O–H groups in total. The Bertz CT molecular complexity index is 1410. The minimum atomic E-state index is -0.574. The highest BCUT2D eigenvalue weighted by Gasteiger charge is 2.19. The van der Waals surface area contributed by atoms with Crippen molar-refractivity contribution in [3.8, 4) is 6.07 Å². The molecule has 166 valence electrons. The highest BCUT2D eigenvalue weighted by Crippen LogP contribution is 2.23. The molecule has 0 fully saturated rings. The number of nitrogens with one attached hydrogen (secondary N) is 1. The third kappa shape index (κ3) is 4.15. The third-order valence-electron chi connectivity index (χ3n) is 5.15. The van der Waals surface area contributed by atoms with Crippen LogP contribution in [-0.4, -0.2) is 32.9 Å². The number of hydrazone groups is 1. The maximum atomic E-state index is 12.7. The lowest BCUT2D eigenvalue weighted by atomic mass is 10.1. The molecule has 2 aromatic heterocycles. The van der Waals surface area contributed by atoms with Gasteiger partial charge in [-0.25, -0.2) is 10.2 Å². The summed E-state index contributed by atoms with van der Waals surface area (Å²) in [5.74, 6) is -0.532. The standard InChI is InChI=1S/C21H21BrN6O4/c1-12-19(22)15(11-32-4)14(8-23)20(30)28(12)10-18(29)25-24-9-13-5-6-16-17(7-13)27(3)21(31)26(16)2/h5-7,9H,10-11H2,1-4H3,(H,25,29)/b24-9+. The van der Waals surface area contributed by atoms with E-state index in [1.54, 1.807) is 43.8 Å². The molecule has 0 bridgehead atoms. The Hall–Kier alpha value is -3.49. The second-order valence-corrected chi connectivity index (χ2v) is 7.92. The van der Waals surface area contributed by atoms with Crippen molar-refractivity contribution in [3.63, 3.8) is 0 Å². The molecular formula is C21H21BrN6O4. The fourth-order valence-electron chi connectivity index (χ4n) is 3.41. The van der Waals surface area contributed by atoms with E-state index in [2.05, 4.69) is 26.5 Å². The minimum Gasteiger partial charge on any atom is -0.380 e. The highest BCUT2D eigenvalue weighted by atomic mass is 79.9. The molecule has 0 saturated carbocycles. The number of amides is 1. The lowest BCUT2D eigenvalue weighted by Crippen LogP contribution is -2.33. The molecule has 32 heavy (non-hydrogen) atoms. The average Bonchev–Trinajstić information content (AvgIpc) is 2.99. The van der Waals surface area contributed by atoms with Crippen LogP contribution in [0.4, 0.5) is 0 Å². The number of pyridine rings is 1. The molecule has 3 aromatic rings. The van der Waals surface area contributed by atoms with E-state index in [0.29, 0.717) is 21.3 Å². The highest BCUT2D eigenvalue weighted by molar-refractivity contribution is 9.10. The molecule has 0 saturated heterocycles. The summed E-state index contributed by atoms with van der Waals surface area (Å²) in [4.78, 5) is 37.1. The number of halogens is 1. The fourth-order valence-corrected chi connectivity index (χ4v) is 3.94. The lowest BCUT2D eigenvalue weighted by molar-refractivity contribution is -0.121. The summed E-state index contributed by atoms with van der Waals surface area (Å²) in [6.07, 6.45) is 1.45. The van der Waals surface area contributed by atoms with Gasteiger partial charge in [-0.3, -0.25) is 18.7 Å². The van der Waals surface area contributed by atoms with Gasteiger partial charge in [-0.05, 0) is 40.5 Å². The van der Waals surface area contributed by atoms with Gasteiger partial charge in [0.25, 0.3) is 11.5 Å². The van der Waals surface area contributed by atoms with Gasteiger partial charge in [-0.2, -0.15) is 10.4 Å². The number of aryl methyl sites for hydroxylation is 2. The van der Waals surface area contributed by atoms with Crippen molar-refractivity contribution >= 4 is 39.1 Å². The number of ether oxygens (including phenoxy) is 1. The van der Waals surface area contributed by atoms with Gasteiger partial charge in [0.15, 0.2) is 0 Å². The van der Waals surface area contributed by atoms with E-state index in [1.807, 2.05) is 6.07 Å². The van der Waals surface area contributed by atoms with Crippen molar-refractivity contribution in [2.24, 2.45) is 19.2 Å². The molecule has 1 aromatic carbocycles. The third-order valence-corrected chi connectivity index (χ3v) is 6.20. The van der Waals surface area contributed by atoms with Crippen LogP contribution < -0.4 is 16.7 Å². The lowest BCUT2D eigenvalue weighted by Gasteiger charge is -2.15. The van der Waals surface area contributed by atoms with Crippen LogP contribution in [0.2, 0.25) is 0 Å². The van der Waals surface area contributed by atoms with Crippen LogP contribution in [0.25, 0.3) is 11.0 Å². The van der Waals surface area contributed by atoms with Gasteiger partial charge in [-0.15, -0.1) is 0 Å². The van der Waals surface area contributed by atoms with Crippen LogP contribution in [0.15, 0.2) is 37.4 Å². The van der Waals surface area contributed by atoms with E-state index >= 15 is 0 Å². The second-order valence-electron chi connectivity index (χ2n) is 7.13. The van der Waals surface area contributed by atoms with Gasteiger partial charge in [0.1, 0.15) is 18.2 Å². The predicted octanol–water partition coefficient (Wildman–Crippen LogP) is 1.28. The molecule has 0 spiro atoms. The zero-order chi connectivity index (χ0) is 23.6. The van der Waals surface area contributed by atoms with Gasteiger partial charge in [0.2, 0.25) is 0 Å². The molecule has 0 radical (unpaired) electrons. The van der Waals surface area contributed by atoms with Crippen molar-refractivity contribution in [2.45, 2.75) is 20.1 Å². The van der Waals surface area contributed by atoms with E-state index in [-0.39, 0.29) is 24.4 Å². The first-order valence-corrected chi connectivity index (χ1v) is 10.3. The number of nitriles is 1. The molecule has 0 aliphatic carbocycles. The van der Waals surface area contributed by atoms with Crippen LogP contribution in [-0.2, 0) is 36.8 Å². The van der Waals surface area contributed by atoms with Gasteiger partial charge in [-0.1, -0.05) is 6.07 Å². The number of aromatic nitrogens is 3. The second kappa shape index (κ2) is 9.33. The smallest absolute Gasteiger partial charge is 0.328 e. The molecule has 0 atom stereocenters. The molecule has 1 amide bonds. The minimum absolute atomic E-state index is 0.0811. The number of hydrogen-bond acceptors (Lipinski definition) is 6. The number of hydrogen-bond donors (Lipinski definition) is 1. The normalized spacial score (nSPS) is 11.2. The van der Waals surface area contributed by atoms with E-state index in [9.17, 15) is 19.6 Å². The monoisotopic (exact) mass is 500 g/mol. The first kappa shape index (κ1) is 23.2. The maximum absolute atomic E-state index is 12.7. The quantitative estimate of drug-likeness (QED) is 0.403. The summed E-state index contributed by atoms with van der Waals surface area (Å²) in [7, 11) is 4.84. The molecule has 11 heteroatoms. The van der Waals surface area contributed by atoms with Crippen molar-refractivity contribution < 1.29 is 9.53 Å². The molecule has 0 aliphatic rings. The molecule has 0 aliphatic heterocycles. The van der Waals surface area contributed by atoms with E-state index in [4.69, 9.17) is 4.74 Å². The van der Waals surface area contributed by atoms with Crippen LogP contribution in [0, 0.1) is 18.3 Å². The Labute approximate surface area is 191 Å². The summed E-state index contributed by atoms with van der Waals surface area (Å²) < 4.78 is 9.89. The van der Waals surface area contributed by atoms with Gasteiger partial charge >= 0.3 is 5.69 Å². The van der Waals surface area contributed by atoms with Crippen molar-refractivity contribution in [2.75, 3.05) is 7.11 Å². The summed E-state index contributed by atoms with van der Waals surface area (Å²) in [6, 6.07) is 7.24. The number of rotatable bonds is 6. The van der Waals surface area contributed by atoms with Gasteiger partial charge in [0, 0.05) is 36.9 Å². The molecule has 2 heterocycles. The fraction of sp³-hybridized carbons (Fsp3) is 0.286. The van der Waals surface area contributed by atoms with E-state index in [0.717, 1.165) is 11.0 Å². The maximum Gasteiger partial charge on any atom is 0.328 e. The zero-order valence-corrected chi connectivity index (χ0v) is 19.6. The van der Waals surface area contributed by atoms with Gasteiger partial charge < -0.3 is 9.30 Å². The summed E-state index contributed by atoms with van der Waals surface area (Å²) >= 11 is 3.39. The Morgan fingerprint density at radius 3 is 2.62 bits per heavy atom. The molecule has 0 unspecified atom stereocenters. The topological polar surface area (TPSA) is 123 Å². The van der Waals surface area contributed by atoms with E-state index < -0.39 is 11.5 Å². The Kier molecular flexibility index (Phi) is 6.76. The Morgan fingerprint density at radius 2 is 1.97 bits per heavy atom. The summed E-state index contributed by atoms with van der Waals surface area (Å²) in [6.45, 7) is 1.45. The number of nitrogens with zero attached hydrogens (tertiary/aromatic N) is 5. The van der Waals surface area contributed by atoms with E-state index in [1.165, 1.54) is 22.5 Å². The van der Waals surface area contributed by atoms with Crippen LogP contribution in [0.3, 0.4) is 0 Å². The Balaban J connectivity index is 1.80. The van der Waals surface area contributed by atoms with Crippen LogP contribution >= 0.6 is 15.9 Å². The predicted molar refractivity (Wildman–Crippen MR) is 122 cm³/mol. The van der Waals surface area contributed by atoms with Crippen molar-refractivity contribution in [1.82, 2.24) is 19.1 Å². The molecular weight excluding hydrogens is 480 g/mol. The number of imidazole rings is 1. The number of fused-ring (bicyclic) bond motifs is 1. The van der Waals surface area contributed by atoms with Gasteiger partial charge in [0.05, 0.1) is 23.9 Å². The first-order valence-electron chi connectivity index (χ1n) is 9.49.